The van der Waals surface area contributed by atoms with Crippen molar-refractivity contribution in [1.82, 2.24) is 9.97 Å². The third kappa shape index (κ3) is 1.64. The van der Waals surface area contributed by atoms with Crippen LogP contribution in [0, 0.1) is 0 Å². The molecule has 0 aliphatic heterocycles. The molecule has 3 nitrogen and oxygen atoms in total. The Morgan fingerprint density at radius 2 is 2.33 bits per heavy atom. The fraction of sp³-hybridized carbons (Fsp3) is 0.200. The van der Waals surface area contributed by atoms with E-state index in [9.17, 15) is 0 Å². The van der Waals surface area contributed by atoms with Gasteiger partial charge in [0, 0.05) is 6.07 Å². The summed E-state index contributed by atoms with van der Waals surface area (Å²) in [6.45, 7) is 0. The Balaban J connectivity index is 2.94. The molecule has 0 aromatic carbocycles. The lowest BCUT2D eigenvalue weighted by Crippen LogP contribution is -1.87. The minimum atomic E-state index is 0.567. The lowest BCUT2D eigenvalue weighted by molar-refractivity contribution is 0.396. The second kappa shape index (κ2) is 2.77. The highest BCUT2D eigenvalue weighted by atomic mass is 79.9. The molecule has 1 heterocycles. The van der Waals surface area contributed by atoms with Crippen LogP contribution in [0.2, 0.25) is 0 Å². The highest BCUT2D eigenvalue weighted by molar-refractivity contribution is 9.10. The van der Waals surface area contributed by atoms with Crippen LogP contribution >= 0.6 is 15.9 Å². The summed E-state index contributed by atoms with van der Waals surface area (Å²) in [5, 5.41) is 0. The van der Waals surface area contributed by atoms with Crippen LogP contribution in [0.5, 0.6) is 5.88 Å². The van der Waals surface area contributed by atoms with Crippen LogP contribution in [0.3, 0.4) is 0 Å². The van der Waals surface area contributed by atoms with Crippen molar-refractivity contribution in [3.8, 4) is 5.88 Å². The first-order valence-electron chi connectivity index (χ1n) is 2.34. The minimum Gasteiger partial charge on any atom is -0.481 e. The van der Waals surface area contributed by atoms with Gasteiger partial charge in [-0.25, -0.2) is 9.97 Å². The Morgan fingerprint density at radius 1 is 1.56 bits per heavy atom. The number of methoxy groups -OCH3 is 1. The standard InChI is InChI=1S/C5H5BrN2O/c1-9-5-2-4(6)7-3-8-5/h2-3H,1H3. The smallest absolute Gasteiger partial charge is 0.217 e. The monoisotopic (exact) mass is 188 g/mol. The maximum atomic E-state index is 4.81. The molecule has 9 heavy (non-hydrogen) atoms. The number of hydrogen-bond acceptors (Lipinski definition) is 3. The Hall–Kier alpha value is -0.640. The van der Waals surface area contributed by atoms with Crippen LogP contribution in [-0.2, 0) is 0 Å². The van der Waals surface area contributed by atoms with Crippen molar-refractivity contribution in [2.75, 3.05) is 7.11 Å². The Kier molecular flexibility index (Phi) is 2.00. The molecule has 0 unspecified atom stereocenters. The summed E-state index contributed by atoms with van der Waals surface area (Å²) in [4.78, 5) is 7.61. The Labute approximate surface area is 61.2 Å². The van der Waals surface area contributed by atoms with Gasteiger partial charge >= 0.3 is 0 Å². The molecule has 0 N–H and O–H groups in total. The first kappa shape index (κ1) is 6.48. The maximum Gasteiger partial charge on any atom is 0.217 e. The van der Waals surface area contributed by atoms with Crippen LogP contribution in [-0.4, -0.2) is 17.1 Å². The van der Waals surface area contributed by atoms with E-state index >= 15 is 0 Å². The molecule has 1 aromatic rings. The van der Waals surface area contributed by atoms with Gasteiger partial charge in [0.15, 0.2) is 0 Å². The summed E-state index contributed by atoms with van der Waals surface area (Å²) in [7, 11) is 1.56. The molecule has 48 valence electrons. The van der Waals surface area contributed by atoms with Gasteiger partial charge in [-0.1, -0.05) is 0 Å². The lowest BCUT2D eigenvalue weighted by Gasteiger charge is -1.94. The number of ether oxygens (including phenoxy) is 1. The van der Waals surface area contributed by atoms with Gasteiger partial charge in [0.05, 0.1) is 7.11 Å². The van der Waals surface area contributed by atoms with E-state index in [0.717, 1.165) is 4.60 Å². The average Bonchev–Trinajstić information content (AvgIpc) is 1.88. The largest absolute Gasteiger partial charge is 0.481 e. The van der Waals surface area contributed by atoms with E-state index in [-0.39, 0.29) is 0 Å². The van der Waals surface area contributed by atoms with E-state index in [0.29, 0.717) is 5.88 Å². The van der Waals surface area contributed by atoms with Gasteiger partial charge in [-0.3, -0.25) is 0 Å². The first-order chi connectivity index (χ1) is 4.33. The number of rotatable bonds is 1. The zero-order valence-electron chi connectivity index (χ0n) is 4.84. The zero-order valence-corrected chi connectivity index (χ0v) is 6.42. The zero-order chi connectivity index (χ0) is 6.69. The first-order valence-corrected chi connectivity index (χ1v) is 3.14. The number of halogens is 1. The molecular formula is C5H5BrN2O. The van der Waals surface area contributed by atoms with Crippen molar-refractivity contribution in [1.29, 1.82) is 0 Å². The number of nitrogens with zero attached hydrogens (tertiary/aromatic N) is 2. The summed E-state index contributed by atoms with van der Waals surface area (Å²) in [5.74, 6) is 0.567. The summed E-state index contributed by atoms with van der Waals surface area (Å²) < 4.78 is 5.54. The topological polar surface area (TPSA) is 35.0 Å². The summed E-state index contributed by atoms with van der Waals surface area (Å²) in [6, 6.07) is 1.69. The van der Waals surface area contributed by atoms with Crippen LogP contribution in [0.4, 0.5) is 0 Å². The molecule has 0 fully saturated rings. The van der Waals surface area contributed by atoms with Crippen LogP contribution < -0.4 is 4.74 Å². The van der Waals surface area contributed by atoms with Crippen molar-refractivity contribution in [3.05, 3.63) is 17.0 Å². The fourth-order valence-electron chi connectivity index (χ4n) is 0.429. The SMILES string of the molecule is COc1cc(Br)ncn1. The third-order valence-corrected chi connectivity index (χ3v) is 1.25. The summed E-state index contributed by atoms with van der Waals surface area (Å²) in [6.07, 6.45) is 1.43. The van der Waals surface area contributed by atoms with Crippen molar-refractivity contribution in [3.63, 3.8) is 0 Å². The van der Waals surface area contributed by atoms with Crippen molar-refractivity contribution < 1.29 is 4.74 Å². The van der Waals surface area contributed by atoms with Crippen molar-refractivity contribution in [2.45, 2.75) is 0 Å². The van der Waals surface area contributed by atoms with Gasteiger partial charge < -0.3 is 4.74 Å². The van der Waals surface area contributed by atoms with Gasteiger partial charge in [0.1, 0.15) is 10.9 Å². The molecular weight excluding hydrogens is 184 g/mol. The predicted molar refractivity (Wildman–Crippen MR) is 36.3 cm³/mol. The second-order valence-corrected chi connectivity index (χ2v) is 2.20. The van der Waals surface area contributed by atoms with E-state index in [1.54, 1.807) is 13.2 Å². The molecule has 0 spiro atoms. The fourth-order valence-corrected chi connectivity index (χ4v) is 0.716. The lowest BCUT2D eigenvalue weighted by atomic mass is 10.6. The Morgan fingerprint density at radius 3 is 2.78 bits per heavy atom. The molecule has 1 rings (SSSR count). The number of aromatic nitrogens is 2. The average molecular weight is 189 g/mol. The van der Waals surface area contributed by atoms with E-state index in [1.807, 2.05) is 0 Å². The summed E-state index contributed by atoms with van der Waals surface area (Å²) >= 11 is 3.17. The van der Waals surface area contributed by atoms with Crippen molar-refractivity contribution in [2.24, 2.45) is 0 Å². The van der Waals surface area contributed by atoms with E-state index in [2.05, 4.69) is 25.9 Å². The van der Waals surface area contributed by atoms with Gasteiger partial charge in [0.2, 0.25) is 5.88 Å². The van der Waals surface area contributed by atoms with Crippen LogP contribution in [0.25, 0.3) is 0 Å². The highest BCUT2D eigenvalue weighted by Crippen LogP contribution is 2.09. The molecule has 0 saturated carbocycles. The van der Waals surface area contributed by atoms with Gasteiger partial charge in [0.25, 0.3) is 0 Å². The predicted octanol–water partition coefficient (Wildman–Crippen LogP) is 1.25. The van der Waals surface area contributed by atoms with E-state index < -0.39 is 0 Å². The maximum absolute atomic E-state index is 4.81. The summed E-state index contributed by atoms with van der Waals surface area (Å²) in [5.41, 5.74) is 0. The molecule has 0 aliphatic rings. The van der Waals surface area contributed by atoms with Gasteiger partial charge in [-0.15, -0.1) is 0 Å². The molecule has 0 amide bonds. The molecule has 0 radical (unpaired) electrons. The third-order valence-electron chi connectivity index (χ3n) is 0.818. The molecule has 4 heteroatoms. The normalized spacial score (nSPS) is 9.11. The molecule has 0 bridgehead atoms. The van der Waals surface area contributed by atoms with Crippen molar-refractivity contribution >= 4 is 15.9 Å². The van der Waals surface area contributed by atoms with E-state index in [1.165, 1.54) is 6.33 Å². The molecule has 0 atom stereocenters. The number of hydrogen-bond donors (Lipinski definition) is 0. The molecule has 0 aliphatic carbocycles. The van der Waals surface area contributed by atoms with Crippen LogP contribution in [0.15, 0.2) is 17.0 Å². The quantitative estimate of drug-likeness (QED) is 0.623. The van der Waals surface area contributed by atoms with Gasteiger partial charge in [-0.05, 0) is 15.9 Å². The molecule has 1 aromatic heterocycles. The highest BCUT2D eigenvalue weighted by Gasteiger charge is 1.91. The van der Waals surface area contributed by atoms with E-state index in [4.69, 9.17) is 4.74 Å². The van der Waals surface area contributed by atoms with Crippen LogP contribution in [0.1, 0.15) is 0 Å². The van der Waals surface area contributed by atoms with Gasteiger partial charge in [-0.2, -0.15) is 0 Å². The molecule has 0 saturated heterocycles. The Bertz CT molecular complexity index is 204. The minimum absolute atomic E-state index is 0.567. The second-order valence-electron chi connectivity index (χ2n) is 1.38.